The molecule has 0 radical (unpaired) electrons. The summed E-state index contributed by atoms with van der Waals surface area (Å²) in [5, 5.41) is 8.55. The first-order valence-electron chi connectivity index (χ1n) is 8.96. The average molecular weight is 412 g/mol. The van der Waals surface area contributed by atoms with Gasteiger partial charge < -0.3 is 14.3 Å². The molecule has 4 aromatic rings. The van der Waals surface area contributed by atoms with Crippen LogP contribution >= 0.6 is 11.6 Å². The molecule has 0 aliphatic carbocycles. The number of ether oxygens (including phenoxy) is 2. The van der Waals surface area contributed by atoms with Crippen LogP contribution < -0.4 is 9.57 Å². The molecule has 8 heteroatoms. The molecule has 0 fully saturated rings. The Morgan fingerprint density at radius 1 is 1.14 bits per heavy atom. The molecule has 0 saturated carbocycles. The van der Waals surface area contributed by atoms with Gasteiger partial charge in [0.15, 0.2) is 0 Å². The second-order valence-corrected chi connectivity index (χ2v) is 7.03. The third-order valence-electron chi connectivity index (χ3n) is 4.61. The number of hydrogen-bond donors (Lipinski definition) is 0. The summed E-state index contributed by atoms with van der Waals surface area (Å²) in [6, 6.07) is 17.5. The van der Waals surface area contributed by atoms with E-state index in [9.17, 15) is 4.39 Å². The van der Waals surface area contributed by atoms with E-state index in [4.69, 9.17) is 25.9 Å². The molecule has 3 aromatic carbocycles. The highest BCUT2D eigenvalue weighted by Crippen LogP contribution is 2.36. The summed E-state index contributed by atoms with van der Waals surface area (Å²) in [4.78, 5) is 7.03. The zero-order chi connectivity index (χ0) is 19.8. The van der Waals surface area contributed by atoms with Crippen LogP contribution in [0.5, 0.6) is 5.75 Å². The van der Waals surface area contributed by atoms with E-state index >= 15 is 0 Å². The van der Waals surface area contributed by atoms with E-state index < -0.39 is 6.29 Å². The van der Waals surface area contributed by atoms with Crippen molar-refractivity contribution in [3.63, 3.8) is 0 Å². The minimum atomic E-state index is -0.570. The molecule has 146 valence electrons. The number of rotatable bonds is 4. The summed E-state index contributed by atoms with van der Waals surface area (Å²) in [6.45, 7) is 0.272. The third kappa shape index (κ3) is 3.50. The van der Waals surface area contributed by atoms with Gasteiger partial charge in [-0.15, -0.1) is 5.10 Å². The summed E-state index contributed by atoms with van der Waals surface area (Å²) in [6.07, 6.45) is -0.570. The maximum atomic E-state index is 14.1. The van der Waals surface area contributed by atoms with Gasteiger partial charge in [-0.3, -0.25) is 0 Å². The third-order valence-corrected chi connectivity index (χ3v) is 4.85. The van der Waals surface area contributed by atoms with Gasteiger partial charge in [-0.05, 0) is 35.5 Å². The molecular weight excluding hydrogens is 397 g/mol. The fourth-order valence-corrected chi connectivity index (χ4v) is 3.42. The average Bonchev–Trinajstić information content (AvgIpc) is 3.14. The van der Waals surface area contributed by atoms with E-state index in [1.165, 1.54) is 17.0 Å². The minimum Gasteiger partial charge on any atom is -0.460 e. The van der Waals surface area contributed by atoms with Crippen LogP contribution in [0.1, 0.15) is 23.0 Å². The van der Waals surface area contributed by atoms with Crippen LogP contribution in [0, 0.1) is 5.82 Å². The SMILES string of the molecule is Fc1cc2c(c(COn3nnc4ccc(Cl)cc43)c1)O[C@H](c1ccccc1)OC2. The monoisotopic (exact) mass is 411 g/mol. The number of benzene rings is 3. The van der Waals surface area contributed by atoms with Crippen molar-refractivity contribution in [2.45, 2.75) is 19.5 Å². The molecule has 0 spiro atoms. The summed E-state index contributed by atoms with van der Waals surface area (Å²) in [7, 11) is 0. The van der Waals surface area contributed by atoms with Gasteiger partial charge in [-0.2, -0.15) is 0 Å². The first-order valence-corrected chi connectivity index (χ1v) is 9.34. The van der Waals surface area contributed by atoms with Gasteiger partial charge in [0.1, 0.15) is 29.2 Å². The van der Waals surface area contributed by atoms with Crippen LogP contribution in [0.4, 0.5) is 4.39 Å². The Balaban J connectivity index is 1.43. The van der Waals surface area contributed by atoms with Crippen molar-refractivity contribution >= 4 is 22.6 Å². The molecule has 0 unspecified atom stereocenters. The molecule has 5 rings (SSSR count). The van der Waals surface area contributed by atoms with Crippen molar-refractivity contribution in [1.29, 1.82) is 0 Å². The molecule has 0 bridgehead atoms. The zero-order valence-electron chi connectivity index (χ0n) is 15.1. The highest BCUT2D eigenvalue weighted by molar-refractivity contribution is 6.31. The van der Waals surface area contributed by atoms with Crippen LogP contribution in [-0.4, -0.2) is 15.2 Å². The highest BCUT2D eigenvalue weighted by Gasteiger charge is 2.25. The predicted molar refractivity (Wildman–Crippen MR) is 104 cm³/mol. The quantitative estimate of drug-likeness (QED) is 0.496. The zero-order valence-corrected chi connectivity index (χ0v) is 15.8. The lowest BCUT2D eigenvalue weighted by atomic mass is 10.1. The molecule has 2 heterocycles. The van der Waals surface area contributed by atoms with E-state index in [0.717, 1.165) is 5.56 Å². The number of hydrogen-bond acceptors (Lipinski definition) is 5. The standard InChI is InChI=1S/C21H15ClFN3O3/c22-16-6-7-18-19(10-16)26(25-24-18)28-12-15-9-17(23)8-14-11-27-21(29-20(14)15)13-4-2-1-3-5-13/h1-10,21H,11-12H2/t21-/m1/s1. The fourth-order valence-electron chi connectivity index (χ4n) is 3.26. The summed E-state index contributed by atoms with van der Waals surface area (Å²) in [5.41, 5.74) is 3.32. The van der Waals surface area contributed by atoms with E-state index in [2.05, 4.69) is 10.3 Å². The number of halogens is 2. The van der Waals surface area contributed by atoms with Crippen molar-refractivity contribution < 1.29 is 18.7 Å². The molecule has 0 amide bonds. The van der Waals surface area contributed by atoms with Crippen LogP contribution in [0.2, 0.25) is 5.02 Å². The highest BCUT2D eigenvalue weighted by atomic mass is 35.5. The Morgan fingerprint density at radius 3 is 2.86 bits per heavy atom. The second kappa shape index (κ2) is 7.35. The van der Waals surface area contributed by atoms with Crippen molar-refractivity contribution in [3.05, 3.63) is 88.2 Å². The molecule has 1 aromatic heterocycles. The van der Waals surface area contributed by atoms with Crippen LogP contribution in [0.15, 0.2) is 60.7 Å². The number of nitrogens with zero attached hydrogens (tertiary/aromatic N) is 3. The van der Waals surface area contributed by atoms with Crippen LogP contribution in [0.3, 0.4) is 0 Å². The Labute approximate surface area is 170 Å². The molecular formula is C21H15ClFN3O3. The van der Waals surface area contributed by atoms with Crippen LogP contribution in [0.25, 0.3) is 11.0 Å². The summed E-state index contributed by atoms with van der Waals surface area (Å²) in [5.74, 6) is 0.160. The van der Waals surface area contributed by atoms with Gasteiger partial charge in [-0.25, -0.2) is 4.39 Å². The van der Waals surface area contributed by atoms with E-state index in [-0.39, 0.29) is 19.0 Å². The number of aromatic nitrogens is 3. The van der Waals surface area contributed by atoms with E-state index in [0.29, 0.717) is 32.9 Å². The smallest absolute Gasteiger partial charge is 0.227 e. The molecule has 29 heavy (non-hydrogen) atoms. The lowest BCUT2D eigenvalue weighted by molar-refractivity contribution is -0.112. The van der Waals surface area contributed by atoms with Crippen molar-refractivity contribution in [1.82, 2.24) is 15.2 Å². The van der Waals surface area contributed by atoms with Gasteiger partial charge in [0.25, 0.3) is 0 Å². The Kier molecular flexibility index (Phi) is 4.54. The number of fused-ring (bicyclic) bond motifs is 2. The van der Waals surface area contributed by atoms with E-state index in [1.54, 1.807) is 18.2 Å². The predicted octanol–water partition coefficient (Wildman–Crippen LogP) is 4.46. The maximum Gasteiger partial charge on any atom is 0.227 e. The van der Waals surface area contributed by atoms with Gasteiger partial charge in [0.2, 0.25) is 6.29 Å². The van der Waals surface area contributed by atoms with Crippen molar-refractivity contribution in [3.8, 4) is 5.75 Å². The van der Waals surface area contributed by atoms with Crippen LogP contribution in [-0.2, 0) is 18.0 Å². The maximum absolute atomic E-state index is 14.1. The fraction of sp³-hybridized carbons (Fsp3) is 0.143. The molecule has 1 aliphatic rings. The lowest BCUT2D eigenvalue weighted by Gasteiger charge is -2.28. The van der Waals surface area contributed by atoms with E-state index in [1.807, 2.05) is 30.3 Å². The Hall–Kier alpha value is -3.16. The first-order chi connectivity index (χ1) is 14.2. The van der Waals surface area contributed by atoms with Gasteiger partial charge in [-0.1, -0.05) is 46.8 Å². The van der Waals surface area contributed by atoms with Gasteiger partial charge >= 0.3 is 0 Å². The van der Waals surface area contributed by atoms with Crippen molar-refractivity contribution in [2.75, 3.05) is 0 Å². The summed E-state index contributed by atoms with van der Waals surface area (Å²) < 4.78 is 25.9. The molecule has 6 nitrogen and oxygen atoms in total. The Bertz CT molecular complexity index is 1180. The molecule has 1 atom stereocenters. The molecule has 1 aliphatic heterocycles. The minimum absolute atomic E-state index is 0.0343. The van der Waals surface area contributed by atoms with Gasteiger partial charge in [0.05, 0.1) is 6.61 Å². The Morgan fingerprint density at radius 2 is 2.00 bits per heavy atom. The second-order valence-electron chi connectivity index (χ2n) is 6.59. The molecule has 0 saturated heterocycles. The normalized spacial score (nSPS) is 15.7. The van der Waals surface area contributed by atoms with Gasteiger partial charge in [0, 0.05) is 21.7 Å². The topological polar surface area (TPSA) is 58.4 Å². The summed E-state index contributed by atoms with van der Waals surface area (Å²) >= 11 is 6.05. The lowest BCUT2D eigenvalue weighted by Crippen LogP contribution is -2.21. The molecule has 0 N–H and O–H groups in total. The van der Waals surface area contributed by atoms with Crippen molar-refractivity contribution in [2.24, 2.45) is 0 Å². The first kappa shape index (κ1) is 17.9. The largest absolute Gasteiger partial charge is 0.460 e.